The molecule has 1 unspecified atom stereocenters. The number of imidazole rings is 1. The Balaban J connectivity index is 1.27. The Morgan fingerprint density at radius 3 is 2.81 bits per heavy atom. The molecule has 32 heavy (non-hydrogen) atoms. The van der Waals surface area contributed by atoms with Crippen LogP contribution in [0.4, 0.5) is 0 Å². The first-order valence-corrected chi connectivity index (χ1v) is 11.1. The first kappa shape index (κ1) is 20.6. The van der Waals surface area contributed by atoms with E-state index in [1.165, 1.54) is 0 Å². The molecule has 3 heterocycles. The van der Waals surface area contributed by atoms with Crippen LogP contribution in [0.1, 0.15) is 35.1 Å². The van der Waals surface area contributed by atoms with E-state index in [4.69, 9.17) is 21.3 Å². The molecule has 4 aromatic rings. The van der Waals surface area contributed by atoms with Crippen LogP contribution in [0.3, 0.4) is 0 Å². The van der Waals surface area contributed by atoms with Crippen LogP contribution in [-0.2, 0) is 13.8 Å². The third-order valence-corrected chi connectivity index (χ3v) is 6.26. The summed E-state index contributed by atoms with van der Waals surface area (Å²) in [5, 5.41) is 4.96. The van der Waals surface area contributed by atoms with Crippen LogP contribution >= 0.6 is 11.6 Å². The highest BCUT2D eigenvalue weighted by molar-refractivity contribution is 6.32. The summed E-state index contributed by atoms with van der Waals surface area (Å²) in [5.74, 6) is 1.75. The number of likely N-dealkylation sites (tertiary alicyclic amines) is 1. The van der Waals surface area contributed by atoms with Gasteiger partial charge in [-0.1, -0.05) is 35.9 Å². The Bertz CT molecular complexity index is 1260. The lowest BCUT2D eigenvalue weighted by Crippen LogP contribution is -2.40. The minimum Gasteiger partial charge on any atom is -0.470 e. The number of benzene rings is 2. The number of hydrogen-bond acceptors (Lipinski definition) is 4. The average molecular weight is 450 g/mol. The van der Waals surface area contributed by atoms with Gasteiger partial charge in [0.2, 0.25) is 0 Å². The van der Waals surface area contributed by atoms with E-state index < -0.39 is 0 Å². The molecule has 1 aliphatic rings. The van der Waals surface area contributed by atoms with E-state index in [1.807, 2.05) is 42.3 Å². The number of para-hydroxylation sites is 3. The molecule has 0 N–H and O–H groups in total. The lowest BCUT2D eigenvalue weighted by molar-refractivity contribution is 0.0695. The molecular weight excluding hydrogens is 426 g/mol. The van der Waals surface area contributed by atoms with Crippen LogP contribution in [0.25, 0.3) is 11.0 Å². The molecule has 0 saturated carbocycles. The van der Waals surface area contributed by atoms with E-state index in [0.29, 0.717) is 23.0 Å². The van der Waals surface area contributed by atoms with Crippen molar-refractivity contribution >= 4 is 28.5 Å². The number of aromatic nitrogens is 4. The largest absolute Gasteiger partial charge is 0.470 e. The van der Waals surface area contributed by atoms with Gasteiger partial charge in [-0.3, -0.25) is 4.79 Å². The Morgan fingerprint density at radius 1 is 1.16 bits per heavy atom. The molecule has 2 aromatic heterocycles. The Labute approximate surface area is 191 Å². The fourth-order valence-electron chi connectivity index (χ4n) is 4.31. The average Bonchev–Trinajstić information content (AvgIpc) is 3.43. The summed E-state index contributed by atoms with van der Waals surface area (Å²) in [7, 11) is 2.05. The number of carbonyl (C=O) groups excluding carboxylic acids is 1. The van der Waals surface area contributed by atoms with Gasteiger partial charge in [-0.25, -0.2) is 9.67 Å². The van der Waals surface area contributed by atoms with E-state index in [2.05, 4.69) is 15.7 Å². The summed E-state index contributed by atoms with van der Waals surface area (Å²) in [6.07, 6.45) is 3.70. The molecule has 0 aliphatic carbocycles. The summed E-state index contributed by atoms with van der Waals surface area (Å²) in [6, 6.07) is 17.1. The van der Waals surface area contributed by atoms with Crippen molar-refractivity contribution in [2.75, 3.05) is 13.1 Å². The summed E-state index contributed by atoms with van der Waals surface area (Å²) in [6.45, 7) is 1.54. The maximum atomic E-state index is 13.1. The summed E-state index contributed by atoms with van der Waals surface area (Å²) in [5.41, 5.74) is 2.52. The molecule has 164 valence electrons. The highest BCUT2D eigenvalue weighted by Gasteiger charge is 2.29. The van der Waals surface area contributed by atoms with Crippen molar-refractivity contribution in [2.24, 2.45) is 7.05 Å². The molecule has 1 fully saturated rings. The molecule has 1 amide bonds. The number of aryl methyl sites for hydroxylation is 1. The number of rotatable bonds is 5. The standard InChI is InChI=1S/C24H24ClN5O2/c1-28-21-10-4-3-9-19(21)26-23(28)17-7-6-13-29(15-17)24(31)20-12-14-30(27-20)16-32-22-11-5-2-8-18(22)25/h2-5,8-12,14,17H,6-7,13,15-16H2,1H3. The van der Waals surface area contributed by atoms with Gasteiger partial charge >= 0.3 is 0 Å². The third-order valence-electron chi connectivity index (χ3n) is 5.94. The van der Waals surface area contributed by atoms with Crippen LogP contribution in [0.2, 0.25) is 5.02 Å². The van der Waals surface area contributed by atoms with Crippen LogP contribution in [0.5, 0.6) is 5.75 Å². The van der Waals surface area contributed by atoms with Gasteiger partial charge < -0.3 is 14.2 Å². The molecule has 0 bridgehead atoms. The van der Waals surface area contributed by atoms with Gasteiger partial charge in [0, 0.05) is 32.3 Å². The van der Waals surface area contributed by atoms with Gasteiger partial charge in [0.15, 0.2) is 12.4 Å². The van der Waals surface area contributed by atoms with Gasteiger partial charge in [-0.05, 0) is 43.2 Å². The molecule has 8 heteroatoms. The Morgan fingerprint density at radius 2 is 1.97 bits per heavy atom. The predicted molar refractivity (Wildman–Crippen MR) is 123 cm³/mol. The monoisotopic (exact) mass is 449 g/mol. The number of amides is 1. The summed E-state index contributed by atoms with van der Waals surface area (Å²) in [4.78, 5) is 19.9. The molecule has 5 rings (SSSR count). The van der Waals surface area contributed by atoms with Crippen LogP contribution in [0.15, 0.2) is 60.8 Å². The number of fused-ring (bicyclic) bond motifs is 1. The highest BCUT2D eigenvalue weighted by atomic mass is 35.5. The molecular formula is C24H24ClN5O2. The van der Waals surface area contributed by atoms with Gasteiger partial charge in [0.25, 0.3) is 5.91 Å². The summed E-state index contributed by atoms with van der Waals surface area (Å²) < 4.78 is 9.46. The lowest BCUT2D eigenvalue weighted by atomic mass is 9.97. The number of halogens is 1. The highest BCUT2D eigenvalue weighted by Crippen LogP contribution is 2.29. The fraction of sp³-hybridized carbons (Fsp3) is 0.292. The number of ether oxygens (including phenoxy) is 1. The maximum absolute atomic E-state index is 13.1. The molecule has 1 aliphatic heterocycles. The number of hydrogen-bond donors (Lipinski definition) is 0. The SMILES string of the molecule is Cn1c(C2CCCN(C(=O)c3ccn(COc4ccccc4Cl)n3)C2)nc2ccccc21. The van der Waals surface area contributed by atoms with Crippen molar-refractivity contribution in [3.8, 4) is 5.75 Å². The zero-order chi connectivity index (χ0) is 22.1. The molecule has 7 nitrogen and oxygen atoms in total. The molecule has 1 saturated heterocycles. The Kier molecular flexibility index (Phi) is 5.57. The van der Waals surface area contributed by atoms with E-state index in [-0.39, 0.29) is 18.6 Å². The van der Waals surface area contributed by atoms with E-state index >= 15 is 0 Å². The van der Waals surface area contributed by atoms with Crippen molar-refractivity contribution in [1.29, 1.82) is 0 Å². The van der Waals surface area contributed by atoms with Crippen LogP contribution < -0.4 is 4.74 Å². The number of nitrogens with zero attached hydrogens (tertiary/aromatic N) is 5. The van der Waals surface area contributed by atoms with E-state index in [1.54, 1.807) is 29.1 Å². The van der Waals surface area contributed by atoms with Crippen molar-refractivity contribution in [3.63, 3.8) is 0 Å². The van der Waals surface area contributed by atoms with Crippen LogP contribution in [0, 0.1) is 0 Å². The van der Waals surface area contributed by atoms with Crippen molar-refractivity contribution < 1.29 is 9.53 Å². The minimum absolute atomic E-state index is 0.0649. The van der Waals surface area contributed by atoms with Gasteiger partial charge in [-0.15, -0.1) is 0 Å². The maximum Gasteiger partial charge on any atom is 0.274 e. The van der Waals surface area contributed by atoms with Gasteiger partial charge in [0.1, 0.15) is 11.6 Å². The summed E-state index contributed by atoms with van der Waals surface area (Å²) >= 11 is 6.13. The van der Waals surface area contributed by atoms with E-state index in [0.717, 1.165) is 36.2 Å². The van der Waals surface area contributed by atoms with Crippen LogP contribution in [-0.4, -0.2) is 43.2 Å². The lowest BCUT2D eigenvalue weighted by Gasteiger charge is -2.32. The predicted octanol–water partition coefficient (Wildman–Crippen LogP) is 4.48. The zero-order valence-electron chi connectivity index (χ0n) is 17.8. The number of piperidine rings is 1. The first-order chi connectivity index (χ1) is 15.6. The first-order valence-electron chi connectivity index (χ1n) is 10.7. The smallest absolute Gasteiger partial charge is 0.274 e. The normalized spacial score (nSPS) is 16.4. The molecule has 0 spiro atoms. The second-order valence-electron chi connectivity index (χ2n) is 8.05. The topological polar surface area (TPSA) is 65.2 Å². The number of carbonyl (C=O) groups is 1. The second-order valence-corrected chi connectivity index (χ2v) is 8.46. The van der Waals surface area contributed by atoms with Crippen molar-refractivity contribution in [2.45, 2.75) is 25.5 Å². The second kappa shape index (κ2) is 8.67. The van der Waals surface area contributed by atoms with Crippen molar-refractivity contribution in [3.05, 3.63) is 77.3 Å². The fourth-order valence-corrected chi connectivity index (χ4v) is 4.50. The van der Waals surface area contributed by atoms with Gasteiger partial charge in [-0.2, -0.15) is 5.10 Å². The van der Waals surface area contributed by atoms with E-state index in [9.17, 15) is 4.79 Å². The zero-order valence-corrected chi connectivity index (χ0v) is 18.6. The Hall–Kier alpha value is -3.32. The quantitative estimate of drug-likeness (QED) is 0.450. The minimum atomic E-state index is -0.0649. The van der Waals surface area contributed by atoms with Crippen molar-refractivity contribution in [1.82, 2.24) is 24.2 Å². The molecule has 0 radical (unpaired) electrons. The molecule has 1 atom stereocenters. The van der Waals surface area contributed by atoms with Gasteiger partial charge in [0.05, 0.1) is 16.1 Å². The third kappa shape index (κ3) is 3.96. The molecule has 2 aromatic carbocycles.